The lowest BCUT2D eigenvalue weighted by atomic mass is 10.1. The van der Waals surface area contributed by atoms with Crippen LogP contribution in [0.25, 0.3) is 0 Å². The van der Waals surface area contributed by atoms with E-state index in [9.17, 15) is 8.42 Å². The number of hydrogen-bond donors (Lipinski definition) is 2. The third kappa shape index (κ3) is 3.18. The summed E-state index contributed by atoms with van der Waals surface area (Å²) in [5, 5.41) is 0. The minimum atomic E-state index is -3.55. The average Bonchev–Trinajstić information content (AvgIpc) is 2.42. The molecule has 0 aliphatic heterocycles. The zero-order valence-electron chi connectivity index (χ0n) is 11.5. The maximum absolute atomic E-state index is 12.3. The van der Waals surface area contributed by atoms with Gasteiger partial charge in [0.25, 0.3) is 0 Å². The molecule has 0 spiro atoms. The first-order chi connectivity index (χ1) is 9.40. The SMILES string of the molecule is Cc1cc(S(=O)(=O)N[C@@H](C)c2ccccc2)ccc1N. The molecule has 106 valence electrons. The van der Waals surface area contributed by atoms with Crippen molar-refractivity contribution in [3.63, 3.8) is 0 Å². The van der Waals surface area contributed by atoms with Crippen LogP contribution < -0.4 is 10.5 Å². The molecule has 0 unspecified atom stereocenters. The van der Waals surface area contributed by atoms with Crippen LogP contribution in [0.3, 0.4) is 0 Å². The van der Waals surface area contributed by atoms with E-state index < -0.39 is 10.0 Å². The molecule has 2 rings (SSSR count). The summed E-state index contributed by atoms with van der Waals surface area (Å²) >= 11 is 0. The van der Waals surface area contributed by atoms with Crippen LogP contribution in [0.4, 0.5) is 5.69 Å². The Morgan fingerprint density at radius 2 is 1.75 bits per heavy atom. The van der Waals surface area contributed by atoms with Gasteiger partial charge in [-0.3, -0.25) is 0 Å². The fourth-order valence-electron chi connectivity index (χ4n) is 1.93. The molecule has 0 aliphatic carbocycles. The summed E-state index contributed by atoms with van der Waals surface area (Å²) in [5.74, 6) is 0. The fourth-order valence-corrected chi connectivity index (χ4v) is 3.24. The third-order valence-corrected chi connectivity index (χ3v) is 4.72. The molecule has 3 N–H and O–H groups in total. The molecule has 0 radical (unpaired) electrons. The predicted molar refractivity (Wildman–Crippen MR) is 80.8 cm³/mol. The van der Waals surface area contributed by atoms with Gasteiger partial charge < -0.3 is 5.73 Å². The van der Waals surface area contributed by atoms with Crippen molar-refractivity contribution >= 4 is 15.7 Å². The van der Waals surface area contributed by atoms with Crippen LogP contribution in [-0.2, 0) is 10.0 Å². The monoisotopic (exact) mass is 290 g/mol. The Bertz CT molecular complexity index is 697. The second kappa shape index (κ2) is 5.64. The van der Waals surface area contributed by atoms with Gasteiger partial charge in [-0.1, -0.05) is 30.3 Å². The Morgan fingerprint density at radius 1 is 1.10 bits per heavy atom. The molecule has 0 fully saturated rings. The number of benzene rings is 2. The van der Waals surface area contributed by atoms with Crippen molar-refractivity contribution < 1.29 is 8.42 Å². The molecule has 0 saturated carbocycles. The lowest BCUT2D eigenvalue weighted by Crippen LogP contribution is -2.27. The Kier molecular flexibility index (Phi) is 4.11. The largest absolute Gasteiger partial charge is 0.399 e. The second-order valence-electron chi connectivity index (χ2n) is 4.77. The normalized spacial score (nSPS) is 13.1. The third-order valence-electron chi connectivity index (χ3n) is 3.18. The van der Waals surface area contributed by atoms with Gasteiger partial charge >= 0.3 is 0 Å². The zero-order chi connectivity index (χ0) is 14.8. The highest BCUT2D eigenvalue weighted by Crippen LogP contribution is 2.20. The first-order valence-electron chi connectivity index (χ1n) is 6.33. The van der Waals surface area contributed by atoms with Gasteiger partial charge in [-0.05, 0) is 43.2 Å². The van der Waals surface area contributed by atoms with E-state index in [0.717, 1.165) is 11.1 Å². The Labute approximate surface area is 119 Å². The maximum Gasteiger partial charge on any atom is 0.241 e. The van der Waals surface area contributed by atoms with Crippen molar-refractivity contribution in [2.45, 2.75) is 24.8 Å². The summed E-state index contributed by atoms with van der Waals surface area (Å²) in [5.41, 5.74) is 7.96. The molecular weight excluding hydrogens is 272 g/mol. The number of aryl methyl sites for hydroxylation is 1. The standard InChI is InChI=1S/C15H18N2O2S/c1-11-10-14(8-9-15(11)16)20(18,19)17-12(2)13-6-4-3-5-7-13/h3-10,12,17H,16H2,1-2H3/t12-/m0/s1. The summed E-state index contributed by atoms with van der Waals surface area (Å²) in [6.45, 7) is 3.60. The van der Waals surface area contributed by atoms with Crippen LogP contribution in [0.5, 0.6) is 0 Å². The number of hydrogen-bond acceptors (Lipinski definition) is 3. The Hall–Kier alpha value is -1.85. The molecular formula is C15H18N2O2S. The molecule has 20 heavy (non-hydrogen) atoms. The molecule has 1 atom stereocenters. The van der Waals surface area contributed by atoms with Crippen molar-refractivity contribution in [3.8, 4) is 0 Å². The number of nitrogens with one attached hydrogen (secondary N) is 1. The van der Waals surface area contributed by atoms with Gasteiger partial charge in [0, 0.05) is 11.7 Å². The van der Waals surface area contributed by atoms with Gasteiger partial charge in [-0.2, -0.15) is 0 Å². The lowest BCUT2D eigenvalue weighted by Gasteiger charge is -2.15. The Balaban J connectivity index is 2.25. The predicted octanol–water partition coefficient (Wildman–Crippen LogP) is 2.62. The number of sulfonamides is 1. The molecule has 2 aromatic carbocycles. The van der Waals surface area contributed by atoms with Crippen molar-refractivity contribution in [3.05, 3.63) is 59.7 Å². The van der Waals surface area contributed by atoms with E-state index in [-0.39, 0.29) is 10.9 Å². The summed E-state index contributed by atoms with van der Waals surface area (Å²) in [6, 6.07) is 13.9. The second-order valence-corrected chi connectivity index (χ2v) is 6.49. The van der Waals surface area contributed by atoms with Gasteiger partial charge in [0.1, 0.15) is 0 Å². The molecule has 0 heterocycles. The summed E-state index contributed by atoms with van der Waals surface area (Å²) in [7, 11) is -3.55. The molecule has 0 amide bonds. The topological polar surface area (TPSA) is 72.2 Å². The van der Waals surface area contributed by atoms with Crippen LogP contribution in [0.1, 0.15) is 24.1 Å². The minimum absolute atomic E-state index is 0.229. The van der Waals surface area contributed by atoms with E-state index in [1.807, 2.05) is 37.3 Å². The lowest BCUT2D eigenvalue weighted by molar-refractivity contribution is 0.567. The number of rotatable bonds is 4. The van der Waals surface area contributed by atoms with Crippen LogP contribution in [0.2, 0.25) is 0 Å². The fraction of sp³-hybridized carbons (Fsp3) is 0.200. The van der Waals surface area contributed by atoms with E-state index >= 15 is 0 Å². The molecule has 0 aliphatic rings. The Morgan fingerprint density at radius 3 is 2.35 bits per heavy atom. The highest BCUT2D eigenvalue weighted by atomic mass is 32.2. The van der Waals surface area contributed by atoms with Gasteiger partial charge in [-0.15, -0.1) is 0 Å². The zero-order valence-corrected chi connectivity index (χ0v) is 12.3. The van der Waals surface area contributed by atoms with Crippen molar-refractivity contribution in [1.82, 2.24) is 4.72 Å². The summed E-state index contributed by atoms with van der Waals surface area (Å²) < 4.78 is 27.3. The highest BCUT2D eigenvalue weighted by molar-refractivity contribution is 7.89. The quantitative estimate of drug-likeness (QED) is 0.850. The van der Waals surface area contributed by atoms with Crippen LogP contribution in [0.15, 0.2) is 53.4 Å². The number of anilines is 1. The van der Waals surface area contributed by atoms with E-state index in [2.05, 4.69) is 4.72 Å². The highest BCUT2D eigenvalue weighted by Gasteiger charge is 2.18. The van der Waals surface area contributed by atoms with E-state index in [0.29, 0.717) is 5.69 Å². The number of nitrogens with two attached hydrogens (primary N) is 1. The molecule has 4 nitrogen and oxygen atoms in total. The smallest absolute Gasteiger partial charge is 0.241 e. The minimum Gasteiger partial charge on any atom is -0.399 e. The van der Waals surface area contributed by atoms with Crippen molar-refractivity contribution in [1.29, 1.82) is 0 Å². The van der Waals surface area contributed by atoms with Crippen LogP contribution in [-0.4, -0.2) is 8.42 Å². The maximum atomic E-state index is 12.3. The van der Waals surface area contributed by atoms with Gasteiger partial charge in [0.15, 0.2) is 0 Å². The molecule has 0 aromatic heterocycles. The molecule has 0 bridgehead atoms. The van der Waals surface area contributed by atoms with Gasteiger partial charge in [-0.25, -0.2) is 13.1 Å². The summed E-state index contributed by atoms with van der Waals surface area (Å²) in [4.78, 5) is 0.229. The molecule has 2 aromatic rings. The van der Waals surface area contributed by atoms with Crippen LogP contribution >= 0.6 is 0 Å². The van der Waals surface area contributed by atoms with Gasteiger partial charge in [0.05, 0.1) is 4.90 Å². The van der Waals surface area contributed by atoms with E-state index in [4.69, 9.17) is 5.73 Å². The van der Waals surface area contributed by atoms with E-state index in [1.165, 1.54) is 6.07 Å². The number of nitrogen functional groups attached to an aromatic ring is 1. The molecule has 5 heteroatoms. The summed E-state index contributed by atoms with van der Waals surface area (Å²) in [6.07, 6.45) is 0. The van der Waals surface area contributed by atoms with Crippen LogP contribution in [0, 0.1) is 6.92 Å². The van der Waals surface area contributed by atoms with E-state index in [1.54, 1.807) is 19.1 Å². The first-order valence-corrected chi connectivity index (χ1v) is 7.82. The van der Waals surface area contributed by atoms with Gasteiger partial charge in [0.2, 0.25) is 10.0 Å². The average molecular weight is 290 g/mol. The van der Waals surface area contributed by atoms with Crippen molar-refractivity contribution in [2.75, 3.05) is 5.73 Å². The van der Waals surface area contributed by atoms with Crippen molar-refractivity contribution in [2.24, 2.45) is 0 Å². The molecule has 0 saturated heterocycles. The first kappa shape index (κ1) is 14.6.